The molecule has 1 N–H and O–H groups in total. The van der Waals surface area contributed by atoms with Crippen LogP contribution in [0.5, 0.6) is 11.5 Å². The summed E-state index contributed by atoms with van der Waals surface area (Å²) in [6, 6.07) is 4.70. The Balaban J connectivity index is 1.71. The first kappa shape index (κ1) is 23.3. The van der Waals surface area contributed by atoms with E-state index in [0.717, 1.165) is 5.57 Å². The molecule has 1 aromatic carbocycles. The van der Waals surface area contributed by atoms with Crippen molar-refractivity contribution in [2.75, 3.05) is 7.11 Å². The van der Waals surface area contributed by atoms with Crippen LogP contribution in [-0.4, -0.2) is 46.0 Å². The third kappa shape index (κ3) is 3.32. The van der Waals surface area contributed by atoms with Crippen LogP contribution in [0.1, 0.15) is 52.0 Å². The summed E-state index contributed by atoms with van der Waals surface area (Å²) in [7, 11) is 1.48. The van der Waals surface area contributed by atoms with E-state index < -0.39 is 23.3 Å². The maximum atomic E-state index is 13.7. The molecule has 7 nitrogen and oxygen atoms in total. The summed E-state index contributed by atoms with van der Waals surface area (Å²) in [5.41, 5.74) is 2.03. The molecule has 35 heavy (non-hydrogen) atoms. The number of nitrogens with zero attached hydrogens (tertiary/aromatic N) is 1. The van der Waals surface area contributed by atoms with Crippen LogP contribution in [0.4, 0.5) is 0 Å². The van der Waals surface area contributed by atoms with Gasteiger partial charge in [0.05, 0.1) is 18.9 Å². The molecule has 0 radical (unpaired) electrons. The second-order valence-corrected chi connectivity index (χ2v) is 10.8. The number of hydrogen-bond acceptors (Lipinski definition) is 6. The molecule has 7 heteroatoms. The molecule has 5 rings (SSSR count). The average Bonchev–Trinajstić information content (AvgIpc) is 3.06. The zero-order valence-corrected chi connectivity index (χ0v) is 20.5. The Morgan fingerprint density at radius 2 is 1.77 bits per heavy atom. The Hall–Kier alpha value is -3.48. The Morgan fingerprint density at radius 1 is 1.06 bits per heavy atom. The summed E-state index contributed by atoms with van der Waals surface area (Å²) in [4.78, 5) is 54.9. The van der Waals surface area contributed by atoms with Crippen LogP contribution in [0.25, 0.3) is 0 Å². The van der Waals surface area contributed by atoms with Gasteiger partial charge >= 0.3 is 0 Å². The van der Waals surface area contributed by atoms with Gasteiger partial charge in [-0.15, -0.1) is 0 Å². The fraction of sp³-hybridized carbons (Fsp3) is 0.429. The van der Waals surface area contributed by atoms with Gasteiger partial charge in [0.15, 0.2) is 11.6 Å². The third-order valence-corrected chi connectivity index (χ3v) is 7.76. The number of likely N-dealkylation sites (tertiary alicyclic amines) is 1. The quantitative estimate of drug-likeness (QED) is 0.398. The predicted molar refractivity (Wildman–Crippen MR) is 128 cm³/mol. The topological polar surface area (TPSA) is 101 Å². The summed E-state index contributed by atoms with van der Waals surface area (Å²) in [6.07, 6.45) is 3.99. The average molecular weight is 476 g/mol. The Labute approximate surface area is 204 Å². The molecule has 4 aliphatic rings. The maximum absolute atomic E-state index is 13.7. The van der Waals surface area contributed by atoms with Gasteiger partial charge in [-0.05, 0) is 58.6 Å². The summed E-state index contributed by atoms with van der Waals surface area (Å²) >= 11 is 0. The lowest BCUT2D eigenvalue weighted by atomic mass is 9.59. The van der Waals surface area contributed by atoms with E-state index in [1.54, 1.807) is 13.0 Å². The molecule has 1 aliphatic heterocycles. The molecular weight excluding hydrogens is 446 g/mol. The van der Waals surface area contributed by atoms with Crippen LogP contribution in [0.3, 0.4) is 0 Å². The van der Waals surface area contributed by atoms with Gasteiger partial charge in [-0.1, -0.05) is 17.7 Å². The number of aromatic hydroxyl groups is 1. The molecule has 1 aromatic rings. The van der Waals surface area contributed by atoms with Crippen LogP contribution in [0, 0.1) is 17.8 Å². The predicted octanol–water partition coefficient (Wildman–Crippen LogP) is 3.63. The fourth-order valence-corrected chi connectivity index (χ4v) is 6.34. The molecule has 3 aliphatic carbocycles. The smallest absolute Gasteiger partial charge is 0.234 e. The van der Waals surface area contributed by atoms with E-state index in [4.69, 9.17) is 4.74 Å². The van der Waals surface area contributed by atoms with Crippen LogP contribution in [0.2, 0.25) is 0 Å². The lowest BCUT2D eigenvalue weighted by molar-refractivity contribution is -0.145. The first-order chi connectivity index (χ1) is 16.5. The second-order valence-electron chi connectivity index (χ2n) is 10.8. The minimum atomic E-state index is -0.652. The number of ketones is 2. The molecule has 0 bridgehead atoms. The number of allylic oxidation sites excluding steroid dienone is 6. The number of Topliss-reactive ketones (excluding diaryl/α,β-unsaturated/α-hetero) is 1. The molecule has 1 saturated heterocycles. The van der Waals surface area contributed by atoms with Crippen molar-refractivity contribution in [3.8, 4) is 11.5 Å². The van der Waals surface area contributed by atoms with E-state index in [9.17, 15) is 24.3 Å². The van der Waals surface area contributed by atoms with E-state index in [0.29, 0.717) is 34.5 Å². The molecule has 1 heterocycles. The Morgan fingerprint density at radius 3 is 2.43 bits per heavy atom. The van der Waals surface area contributed by atoms with Gasteiger partial charge in [0.2, 0.25) is 11.8 Å². The lowest BCUT2D eigenvalue weighted by Crippen LogP contribution is -2.46. The Kier molecular flexibility index (Phi) is 5.16. The van der Waals surface area contributed by atoms with Crippen LogP contribution in [-0.2, 0) is 19.2 Å². The van der Waals surface area contributed by atoms with Gasteiger partial charge in [0.25, 0.3) is 0 Å². The van der Waals surface area contributed by atoms with Crippen molar-refractivity contribution in [1.82, 2.24) is 4.90 Å². The highest BCUT2D eigenvalue weighted by Crippen LogP contribution is 2.56. The highest BCUT2D eigenvalue weighted by atomic mass is 16.5. The zero-order valence-electron chi connectivity index (χ0n) is 20.5. The number of carbonyl (C=O) groups is 4. The van der Waals surface area contributed by atoms with Crippen molar-refractivity contribution in [2.24, 2.45) is 17.8 Å². The van der Waals surface area contributed by atoms with E-state index in [1.165, 1.54) is 30.2 Å². The zero-order chi connectivity index (χ0) is 25.4. The van der Waals surface area contributed by atoms with Gasteiger partial charge in [-0.2, -0.15) is 0 Å². The minimum Gasteiger partial charge on any atom is -0.508 e. The summed E-state index contributed by atoms with van der Waals surface area (Å²) in [5.74, 6) is -2.48. The monoisotopic (exact) mass is 475 g/mol. The number of carbonyl (C=O) groups excluding carboxylic acids is 4. The number of imide groups is 1. The molecule has 182 valence electrons. The van der Waals surface area contributed by atoms with Crippen molar-refractivity contribution in [2.45, 2.75) is 52.0 Å². The number of amides is 2. The number of hydrogen-bond donors (Lipinski definition) is 1. The van der Waals surface area contributed by atoms with Gasteiger partial charge in [0.1, 0.15) is 11.5 Å². The normalized spacial score (nSPS) is 28.4. The van der Waals surface area contributed by atoms with Crippen molar-refractivity contribution >= 4 is 23.4 Å². The van der Waals surface area contributed by atoms with E-state index in [-0.39, 0.29) is 41.5 Å². The van der Waals surface area contributed by atoms with Gasteiger partial charge in [0, 0.05) is 39.8 Å². The second kappa shape index (κ2) is 7.77. The number of methoxy groups -OCH3 is 1. The molecule has 0 saturated carbocycles. The summed E-state index contributed by atoms with van der Waals surface area (Å²) in [5, 5.41) is 10.0. The van der Waals surface area contributed by atoms with Crippen molar-refractivity contribution in [3.63, 3.8) is 0 Å². The SMILES string of the molecule is COc1cc(O)ccc1[C@H]1C2=CC[C@@H]3C(=O)N(C(C)(C)C)C(=O)[C@@H]3[C@@H]2CC2=C1C(=O)C=C(C)C2=O. The maximum Gasteiger partial charge on any atom is 0.234 e. The standard InChI is InChI=1S/C28H29NO6/c1-13-10-20(31)24-19(25(13)32)12-18-15(22(24)16-7-6-14(30)11-21(16)35-5)8-9-17-23(18)27(34)29(26(17)33)28(2,3)4/h6-8,10-11,17-18,22-23,30H,9,12H2,1-5H3/t17-,18+,22+,23-/m0/s1. The minimum absolute atomic E-state index is 0.0176. The van der Waals surface area contributed by atoms with Crippen LogP contribution in [0.15, 0.2) is 52.6 Å². The highest BCUT2D eigenvalue weighted by molar-refractivity contribution is 6.23. The van der Waals surface area contributed by atoms with Crippen LogP contribution < -0.4 is 4.74 Å². The van der Waals surface area contributed by atoms with Crippen molar-refractivity contribution < 1.29 is 29.0 Å². The molecule has 0 unspecified atom stereocenters. The molecule has 0 spiro atoms. The number of rotatable bonds is 2. The van der Waals surface area contributed by atoms with Gasteiger partial charge in [-0.3, -0.25) is 24.1 Å². The summed E-state index contributed by atoms with van der Waals surface area (Å²) < 4.78 is 5.56. The van der Waals surface area contributed by atoms with Crippen molar-refractivity contribution in [3.05, 3.63) is 58.2 Å². The number of fused-ring (bicyclic) bond motifs is 3. The van der Waals surface area contributed by atoms with Gasteiger partial charge in [-0.25, -0.2) is 0 Å². The summed E-state index contributed by atoms with van der Waals surface area (Å²) in [6.45, 7) is 7.16. The number of ether oxygens (including phenoxy) is 1. The van der Waals surface area contributed by atoms with E-state index in [2.05, 4.69) is 0 Å². The number of phenolic OH excluding ortho intramolecular Hbond substituents is 1. The number of phenols is 1. The van der Waals surface area contributed by atoms with E-state index >= 15 is 0 Å². The molecular formula is C28H29NO6. The molecule has 0 aromatic heterocycles. The van der Waals surface area contributed by atoms with Crippen LogP contribution >= 0.6 is 0 Å². The van der Waals surface area contributed by atoms with Crippen molar-refractivity contribution in [1.29, 1.82) is 0 Å². The number of benzene rings is 1. The molecule has 4 atom stereocenters. The first-order valence-corrected chi connectivity index (χ1v) is 11.9. The molecule has 1 fully saturated rings. The molecule has 2 amide bonds. The fourth-order valence-electron chi connectivity index (χ4n) is 6.34. The first-order valence-electron chi connectivity index (χ1n) is 11.9. The highest BCUT2D eigenvalue weighted by Gasteiger charge is 2.58. The third-order valence-electron chi connectivity index (χ3n) is 7.76. The van der Waals surface area contributed by atoms with E-state index in [1.807, 2.05) is 26.8 Å². The largest absolute Gasteiger partial charge is 0.508 e. The van der Waals surface area contributed by atoms with Gasteiger partial charge < -0.3 is 9.84 Å². The lowest BCUT2D eigenvalue weighted by Gasteiger charge is -2.42. The Bertz CT molecular complexity index is 1290.